The summed E-state index contributed by atoms with van der Waals surface area (Å²) in [5.74, 6) is 0. The van der Waals surface area contributed by atoms with Gasteiger partial charge in [0.15, 0.2) is 0 Å². The molecule has 35 heavy (non-hydrogen) atoms. The lowest BCUT2D eigenvalue weighted by atomic mass is 10.1. The van der Waals surface area contributed by atoms with E-state index in [1.165, 1.54) is 20.2 Å². The molecule has 0 unspecified atom stereocenters. The summed E-state index contributed by atoms with van der Waals surface area (Å²) < 4.78 is 4.85. The second-order valence-electron chi connectivity index (χ2n) is 8.20. The molecule has 5 heteroatoms. The van der Waals surface area contributed by atoms with Gasteiger partial charge in [-0.3, -0.25) is 15.0 Å². The molecule has 0 spiro atoms. The molecule has 2 aromatic carbocycles. The molecule has 0 bridgehead atoms. The van der Waals surface area contributed by atoms with E-state index in [0.29, 0.717) is 0 Å². The highest BCUT2D eigenvalue weighted by Gasteiger charge is 2.16. The summed E-state index contributed by atoms with van der Waals surface area (Å²) in [5, 5.41) is 3.74. The zero-order chi connectivity index (χ0) is 23.8. The zero-order valence-electron chi connectivity index (χ0n) is 19.2. The largest absolute Gasteiger partial charge is 0.306 e. The predicted octanol–water partition coefficient (Wildman–Crippen LogP) is 8.20. The van der Waals surface area contributed by atoms with E-state index in [0.717, 1.165) is 39.0 Å². The molecule has 0 fully saturated rings. The van der Waals surface area contributed by atoms with Crippen molar-refractivity contribution in [2.24, 2.45) is 0 Å². The third-order valence-corrected chi connectivity index (χ3v) is 7.09. The Morgan fingerprint density at radius 1 is 0.714 bits per heavy atom. The number of nitrogens with zero attached hydrogens (tertiary/aromatic N) is 4. The minimum absolute atomic E-state index is 0.861. The number of allylic oxidation sites excluding steroid dienone is 1. The zero-order valence-corrected chi connectivity index (χ0v) is 20.0. The Kier molecular flexibility index (Phi) is 5.32. The van der Waals surface area contributed by atoms with Crippen molar-refractivity contribution in [2.75, 3.05) is 0 Å². The van der Waals surface area contributed by atoms with Gasteiger partial charge in [-0.2, -0.15) is 0 Å². The van der Waals surface area contributed by atoms with Crippen molar-refractivity contribution in [3.05, 3.63) is 110 Å². The van der Waals surface area contributed by atoms with Gasteiger partial charge in [0.05, 0.1) is 39.8 Å². The Morgan fingerprint density at radius 3 is 2.31 bits per heavy atom. The van der Waals surface area contributed by atoms with Crippen LogP contribution in [0.15, 0.2) is 110 Å². The second-order valence-corrected chi connectivity index (χ2v) is 9.28. The van der Waals surface area contributed by atoms with Gasteiger partial charge in [-0.25, -0.2) is 0 Å². The van der Waals surface area contributed by atoms with Crippen molar-refractivity contribution in [3.8, 4) is 17.1 Å². The Balaban J connectivity index is 0.000000727. The molecule has 168 valence electrons. The molecule has 5 heterocycles. The third-order valence-electron chi connectivity index (χ3n) is 5.95. The predicted molar refractivity (Wildman–Crippen MR) is 148 cm³/mol. The molecule has 0 amide bonds. The minimum Gasteiger partial charge on any atom is -0.306 e. The van der Waals surface area contributed by atoms with Crippen LogP contribution in [0.2, 0.25) is 0 Å². The minimum atomic E-state index is 0.861. The number of rotatable bonds is 2. The van der Waals surface area contributed by atoms with Crippen molar-refractivity contribution in [1.29, 1.82) is 0 Å². The number of pyridine rings is 3. The molecule has 0 radical (unpaired) electrons. The molecule has 4 nitrogen and oxygen atoms in total. The summed E-state index contributed by atoms with van der Waals surface area (Å²) in [6.45, 7) is 5.25. The van der Waals surface area contributed by atoms with Crippen LogP contribution in [0.5, 0.6) is 0 Å². The first-order chi connectivity index (χ1) is 17.3. The molecule has 0 saturated heterocycles. The average Bonchev–Trinajstić information content (AvgIpc) is 3.43. The average molecular weight is 471 g/mol. The van der Waals surface area contributed by atoms with E-state index in [1.54, 1.807) is 12.3 Å². The van der Waals surface area contributed by atoms with Crippen molar-refractivity contribution >= 4 is 53.4 Å². The third kappa shape index (κ3) is 3.57. The second kappa shape index (κ2) is 8.78. The van der Waals surface area contributed by atoms with Crippen molar-refractivity contribution in [1.82, 2.24) is 19.5 Å². The number of hydrogen-bond donors (Lipinski definition) is 0. The van der Waals surface area contributed by atoms with Crippen LogP contribution >= 0.6 is 11.3 Å². The first kappa shape index (κ1) is 21.2. The van der Waals surface area contributed by atoms with Gasteiger partial charge in [0, 0.05) is 38.0 Å². The van der Waals surface area contributed by atoms with Crippen molar-refractivity contribution < 1.29 is 0 Å². The standard InChI is InChI=1S/C27H16N4S.C3H6/c1-2-9-25-18(6-1)19-14-20-24(15-26(19)32-25)31(23-8-5-13-29-27(20)23)17-10-11-22(30-16-17)21-7-3-4-12-28-21;1-3-2/h1-16H;3H,1H2,2H3. The normalized spacial score (nSPS) is 11.1. The highest BCUT2D eigenvalue weighted by Crippen LogP contribution is 2.39. The summed E-state index contributed by atoms with van der Waals surface area (Å²) >= 11 is 1.83. The van der Waals surface area contributed by atoms with E-state index >= 15 is 0 Å². The number of aromatic nitrogens is 4. The molecule has 0 aliphatic carbocycles. The molecule has 0 saturated carbocycles. The van der Waals surface area contributed by atoms with E-state index in [1.807, 2.05) is 61.0 Å². The molecule has 7 rings (SSSR count). The number of benzene rings is 2. The van der Waals surface area contributed by atoms with Crippen LogP contribution in [0, 0.1) is 0 Å². The van der Waals surface area contributed by atoms with Gasteiger partial charge < -0.3 is 4.57 Å². The van der Waals surface area contributed by atoms with Gasteiger partial charge in [-0.05, 0) is 61.5 Å². The summed E-state index contributed by atoms with van der Waals surface area (Å²) in [7, 11) is 0. The van der Waals surface area contributed by atoms with Crippen LogP contribution in [0.4, 0.5) is 0 Å². The van der Waals surface area contributed by atoms with Crippen LogP contribution in [0.1, 0.15) is 6.92 Å². The molecule has 0 N–H and O–H groups in total. The molecule has 0 aliphatic rings. The lowest BCUT2D eigenvalue weighted by molar-refractivity contribution is 1.13. The summed E-state index contributed by atoms with van der Waals surface area (Å²) in [6, 6.07) is 27.3. The molecular formula is C30H22N4S. The smallest absolute Gasteiger partial charge is 0.0963 e. The van der Waals surface area contributed by atoms with E-state index in [9.17, 15) is 0 Å². The maximum absolute atomic E-state index is 4.74. The number of thiophene rings is 1. The quantitative estimate of drug-likeness (QED) is 0.239. The highest BCUT2D eigenvalue weighted by molar-refractivity contribution is 7.25. The van der Waals surface area contributed by atoms with E-state index in [-0.39, 0.29) is 0 Å². The van der Waals surface area contributed by atoms with Crippen LogP contribution in [-0.4, -0.2) is 19.5 Å². The van der Waals surface area contributed by atoms with Gasteiger partial charge in [-0.15, -0.1) is 17.9 Å². The van der Waals surface area contributed by atoms with E-state index in [4.69, 9.17) is 9.97 Å². The number of fused-ring (bicyclic) bond motifs is 6. The van der Waals surface area contributed by atoms with Gasteiger partial charge in [0.25, 0.3) is 0 Å². The van der Waals surface area contributed by atoms with E-state index < -0.39 is 0 Å². The fourth-order valence-corrected chi connectivity index (χ4v) is 5.63. The van der Waals surface area contributed by atoms with Gasteiger partial charge in [-0.1, -0.05) is 30.3 Å². The Morgan fingerprint density at radius 2 is 1.51 bits per heavy atom. The summed E-state index contributed by atoms with van der Waals surface area (Å²) in [5.41, 5.74) is 5.98. The van der Waals surface area contributed by atoms with Crippen LogP contribution in [0.25, 0.3) is 59.2 Å². The SMILES string of the molecule is C=CC.c1ccc(-c2ccc(-n3c4cc5sc6ccccc6c5cc4c4ncccc43)cn2)nc1. The monoisotopic (exact) mass is 470 g/mol. The molecule has 0 atom stereocenters. The van der Waals surface area contributed by atoms with Crippen molar-refractivity contribution in [3.63, 3.8) is 0 Å². The maximum atomic E-state index is 4.74. The Hall–Kier alpha value is -4.35. The Bertz CT molecular complexity index is 1810. The van der Waals surface area contributed by atoms with Gasteiger partial charge in [0.1, 0.15) is 0 Å². The first-order valence-electron chi connectivity index (χ1n) is 11.4. The molecule has 5 aromatic heterocycles. The Labute approximate surface area is 206 Å². The lowest BCUT2D eigenvalue weighted by Crippen LogP contribution is -1.96. The fourth-order valence-electron chi connectivity index (χ4n) is 4.51. The van der Waals surface area contributed by atoms with Crippen LogP contribution in [-0.2, 0) is 0 Å². The van der Waals surface area contributed by atoms with Crippen LogP contribution < -0.4 is 0 Å². The maximum Gasteiger partial charge on any atom is 0.0963 e. The van der Waals surface area contributed by atoms with Gasteiger partial charge in [0.2, 0.25) is 0 Å². The topological polar surface area (TPSA) is 43.6 Å². The van der Waals surface area contributed by atoms with Crippen molar-refractivity contribution in [2.45, 2.75) is 6.92 Å². The number of hydrogen-bond acceptors (Lipinski definition) is 4. The molecule has 7 aromatic rings. The molecule has 0 aliphatic heterocycles. The first-order valence-corrected chi connectivity index (χ1v) is 12.3. The molecular weight excluding hydrogens is 448 g/mol. The highest BCUT2D eigenvalue weighted by atomic mass is 32.1. The summed E-state index contributed by atoms with van der Waals surface area (Å²) in [4.78, 5) is 13.9. The van der Waals surface area contributed by atoms with E-state index in [2.05, 4.69) is 64.7 Å². The lowest BCUT2D eigenvalue weighted by Gasteiger charge is -2.08. The van der Waals surface area contributed by atoms with Gasteiger partial charge >= 0.3 is 0 Å². The fraction of sp³-hybridized carbons (Fsp3) is 0.0333. The summed E-state index contributed by atoms with van der Waals surface area (Å²) in [6.07, 6.45) is 7.33. The van der Waals surface area contributed by atoms with Crippen LogP contribution in [0.3, 0.4) is 0 Å².